The fourth-order valence-corrected chi connectivity index (χ4v) is 4.51. The summed E-state index contributed by atoms with van der Waals surface area (Å²) in [6.45, 7) is 0.343. The number of hydrogen-bond acceptors (Lipinski definition) is 6. The highest BCUT2D eigenvalue weighted by atomic mass is 19.1. The number of methoxy groups -OCH3 is 1. The average molecular weight is 452 g/mol. The van der Waals surface area contributed by atoms with Crippen LogP contribution in [0.15, 0.2) is 60.4 Å². The molecule has 4 rings (SSSR count). The van der Waals surface area contributed by atoms with Gasteiger partial charge < -0.3 is 20.6 Å². The van der Waals surface area contributed by atoms with E-state index in [0.29, 0.717) is 41.0 Å². The first-order valence-electron chi connectivity index (χ1n) is 11.2. The molecule has 0 bridgehead atoms. The Morgan fingerprint density at radius 1 is 1.21 bits per heavy atom. The third-order valence-corrected chi connectivity index (χ3v) is 6.46. The number of aldehydes is 1. The first kappa shape index (κ1) is 23.0. The van der Waals surface area contributed by atoms with Gasteiger partial charge in [0.25, 0.3) is 0 Å². The Hall–Kier alpha value is -3.16. The maximum absolute atomic E-state index is 13.8. The van der Waals surface area contributed by atoms with E-state index >= 15 is 0 Å². The van der Waals surface area contributed by atoms with Gasteiger partial charge in [0.1, 0.15) is 23.5 Å². The van der Waals surface area contributed by atoms with Crippen LogP contribution in [0.5, 0.6) is 5.75 Å². The molecule has 0 aliphatic heterocycles. The largest absolute Gasteiger partial charge is 0.496 e. The van der Waals surface area contributed by atoms with Crippen molar-refractivity contribution >= 4 is 11.9 Å². The summed E-state index contributed by atoms with van der Waals surface area (Å²) in [5.41, 5.74) is 8.42. The molecule has 0 atom stereocenters. The van der Waals surface area contributed by atoms with Crippen molar-refractivity contribution in [3.8, 4) is 5.75 Å². The van der Waals surface area contributed by atoms with Gasteiger partial charge in [-0.3, -0.25) is 4.79 Å². The first-order chi connectivity index (χ1) is 15.9. The lowest BCUT2D eigenvalue weighted by atomic mass is 9.88. The number of carbonyl (C=O) groups is 1. The van der Waals surface area contributed by atoms with Gasteiger partial charge in [0.15, 0.2) is 0 Å². The minimum absolute atomic E-state index is 0.222. The van der Waals surface area contributed by atoms with Crippen LogP contribution in [0.2, 0.25) is 0 Å². The van der Waals surface area contributed by atoms with Crippen molar-refractivity contribution < 1.29 is 19.0 Å². The monoisotopic (exact) mass is 451 g/mol. The Labute approximate surface area is 193 Å². The number of benzene rings is 2. The summed E-state index contributed by atoms with van der Waals surface area (Å²) < 4.78 is 19.3. The molecule has 2 aromatic carbocycles. The molecule has 0 unspecified atom stereocenters. The lowest BCUT2D eigenvalue weighted by Crippen LogP contribution is -2.42. The molecule has 0 spiro atoms. The molecule has 5 N–H and O–H groups in total. The minimum atomic E-state index is -0.960. The topological polar surface area (TPSA) is 102 Å². The SMILES string of the molecule is COc1cc(CN(N)/C=C(\N)C(O)(C2CC2)C2CC2)ccc1/C(=C\C=O)c1cccc(F)c1. The van der Waals surface area contributed by atoms with Crippen molar-refractivity contribution in [2.24, 2.45) is 23.4 Å². The average Bonchev–Trinajstić information content (AvgIpc) is 3.70. The van der Waals surface area contributed by atoms with Crippen LogP contribution in [0.1, 0.15) is 42.4 Å². The first-order valence-corrected chi connectivity index (χ1v) is 11.2. The van der Waals surface area contributed by atoms with Gasteiger partial charge in [-0.1, -0.05) is 24.3 Å². The second-order valence-corrected chi connectivity index (χ2v) is 8.89. The van der Waals surface area contributed by atoms with E-state index in [0.717, 1.165) is 31.2 Å². The van der Waals surface area contributed by atoms with Crippen molar-refractivity contribution in [2.45, 2.75) is 37.8 Å². The van der Waals surface area contributed by atoms with Gasteiger partial charge in [0.2, 0.25) is 0 Å². The molecule has 2 saturated carbocycles. The van der Waals surface area contributed by atoms with Gasteiger partial charge in [0.05, 0.1) is 19.4 Å². The number of aliphatic hydroxyl groups is 1. The van der Waals surface area contributed by atoms with Crippen LogP contribution < -0.4 is 16.3 Å². The number of nitrogens with two attached hydrogens (primary N) is 2. The number of ether oxygens (including phenoxy) is 1. The van der Waals surface area contributed by atoms with E-state index in [1.54, 1.807) is 18.3 Å². The number of hydrazine groups is 1. The van der Waals surface area contributed by atoms with Crippen molar-refractivity contribution in [1.82, 2.24) is 5.01 Å². The molecule has 0 saturated heterocycles. The van der Waals surface area contributed by atoms with Crippen molar-refractivity contribution in [2.75, 3.05) is 7.11 Å². The van der Waals surface area contributed by atoms with E-state index in [1.807, 2.05) is 18.2 Å². The van der Waals surface area contributed by atoms with Crippen LogP contribution in [0, 0.1) is 17.7 Å². The highest BCUT2D eigenvalue weighted by Gasteiger charge is 2.55. The Kier molecular flexibility index (Phi) is 6.54. The van der Waals surface area contributed by atoms with E-state index < -0.39 is 5.60 Å². The fourth-order valence-electron chi connectivity index (χ4n) is 4.51. The van der Waals surface area contributed by atoms with Crippen LogP contribution >= 0.6 is 0 Å². The van der Waals surface area contributed by atoms with Crippen molar-refractivity contribution in [3.63, 3.8) is 0 Å². The van der Waals surface area contributed by atoms with Crippen molar-refractivity contribution in [3.05, 3.63) is 82.9 Å². The van der Waals surface area contributed by atoms with Gasteiger partial charge >= 0.3 is 0 Å². The number of rotatable bonds is 10. The molecule has 2 aliphatic carbocycles. The van der Waals surface area contributed by atoms with E-state index in [9.17, 15) is 14.3 Å². The van der Waals surface area contributed by atoms with E-state index in [4.69, 9.17) is 16.3 Å². The zero-order valence-electron chi connectivity index (χ0n) is 18.7. The van der Waals surface area contributed by atoms with E-state index in [2.05, 4.69) is 0 Å². The predicted octanol–water partition coefficient (Wildman–Crippen LogP) is 3.49. The molecular weight excluding hydrogens is 421 g/mol. The van der Waals surface area contributed by atoms with Crippen LogP contribution in [0.4, 0.5) is 4.39 Å². The molecule has 0 radical (unpaired) electrons. The zero-order chi connectivity index (χ0) is 23.6. The Morgan fingerprint density at radius 3 is 2.48 bits per heavy atom. The Bertz CT molecular complexity index is 1080. The summed E-state index contributed by atoms with van der Waals surface area (Å²) in [7, 11) is 1.54. The molecule has 0 heterocycles. The highest BCUT2D eigenvalue weighted by molar-refractivity contribution is 5.91. The van der Waals surface area contributed by atoms with Crippen LogP contribution in [0.3, 0.4) is 0 Å². The molecule has 2 aliphatic rings. The lowest BCUT2D eigenvalue weighted by Gasteiger charge is -2.30. The molecule has 2 fully saturated rings. The summed E-state index contributed by atoms with van der Waals surface area (Å²) in [6, 6.07) is 11.6. The van der Waals surface area contributed by atoms with Crippen LogP contribution in [0.25, 0.3) is 5.57 Å². The maximum Gasteiger partial charge on any atom is 0.143 e. The standard InChI is InChI=1S/C26H30FN3O3/c1-33-24-13-17(5-10-23(24)22(11-12-31)18-3-2-4-21(27)14-18)15-30(29)16-25(28)26(32,19-6-7-19)20-8-9-20/h2-5,10-14,16,19-20,32H,6-9,15,28-29H2,1H3/b22-11-,25-16-. The highest BCUT2D eigenvalue weighted by Crippen LogP contribution is 2.54. The summed E-state index contributed by atoms with van der Waals surface area (Å²) >= 11 is 0. The van der Waals surface area contributed by atoms with Gasteiger partial charge in [-0.15, -0.1) is 0 Å². The lowest BCUT2D eigenvalue weighted by molar-refractivity contribution is -0.104. The second-order valence-electron chi connectivity index (χ2n) is 8.89. The molecule has 174 valence electrons. The Morgan fingerprint density at radius 2 is 1.91 bits per heavy atom. The van der Waals surface area contributed by atoms with Gasteiger partial charge in [0, 0.05) is 11.8 Å². The van der Waals surface area contributed by atoms with E-state index in [1.165, 1.54) is 30.3 Å². The third-order valence-electron chi connectivity index (χ3n) is 6.46. The normalized spacial score (nSPS) is 17.1. The van der Waals surface area contributed by atoms with Gasteiger partial charge in [-0.25, -0.2) is 10.2 Å². The number of allylic oxidation sites excluding steroid dienone is 1. The summed E-state index contributed by atoms with van der Waals surface area (Å²) in [6.07, 6.45) is 7.66. The smallest absolute Gasteiger partial charge is 0.143 e. The molecular formula is C26H30FN3O3. The van der Waals surface area contributed by atoms with Crippen LogP contribution in [-0.4, -0.2) is 29.1 Å². The third kappa shape index (κ3) is 4.94. The number of carbonyl (C=O) groups excluding carboxylic acids is 1. The summed E-state index contributed by atoms with van der Waals surface area (Å²) in [5.74, 6) is 6.80. The number of nitrogens with zero attached hydrogens (tertiary/aromatic N) is 1. The zero-order valence-corrected chi connectivity index (χ0v) is 18.7. The van der Waals surface area contributed by atoms with Gasteiger partial charge in [-0.05, 0) is 78.5 Å². The molecule has 2 aromatic rings. The predicted molar refractivity (Wildman–Crippen MR) is 125 cm³/mol. The van der Waals surface area contributed by atoms with E-state index in [-0.39, 0.29) is 17.7 Å². The van der Waals surface area contributed by atoms with Gasteiger partial charge in [-0.2, -0.15) is 0 Å². The fraction of sp³-hybridized carbons (Fsp3) is 0.346. The molecule has 33 heavy (non-hydrogen) atoms. The maximum atomic E-state index is 13.8. The molecule has 7 heteroatoms. The minimum Gasteiger partial charge on any atom is -0.496 e. The summed E-state index contributed by atoms with van der Waals surface area (Å²) in [5, 5.41) is 12.6. The molecule has 0 aromatic heterocycles. The number of halogens is 1. The van der Waals surface area contributed by atoms with Crippen LogP contribution in [-0.2, 0) is 11.3 Å². The molecule has 6 nitrogen and oxygen atoms in total. The quantitative estimate of drug-likeness (QED) is 0.221. The van der Waals surface area contributed by atoms with Crippen molar-refractivity contribution in [1.29, 1.82) is 0 Å². The molecule has 0 amide bonds. The Balaban J connectivity index is 1.56. The number of hydrogen-bond donors (Lipinski definition) is 3. The second kappa shape index (κ2) is 9.37. The summed E-state index contributed by atoms with van der Waals surface area (Å²) in [4.78, 5) is 11.3.